The average molecular weight is 500 g/mol. The van der Waals surface area contributed by atoms with Gasteiger partial charge in [0.2, 0.25) is 0 Å². The minimum Gasteiger partial charge on any atom is -0.388 e. The van der Waals surface area contributed by atoms with Gasteiger partial charge in [0, 0.05) is 29.0 Å². The lowest BCUT2D eigenvalue weighted by Gasteiger charge is -2.60. The number of ether oxygens (including phenoxy) is 1. The highest BCUT2D eigenvalue weighted by Crippen LogP contribution is 2.71. The highest BCUT2D eigenvalue weighted by atomic mass is 16.5. The quantitative estimate of drug-likeness (QED) is 0.642. The summed E-state index contributed by atoms with van der Waals surface area (Å²) in [7, 11) is 3.96. The summed E-state index contributed by atoms with van der Waals surface area (Å²) in [6.45, 7) is 7.11. The van der Waals surface area contributed by atoms with Crippen LogP contribution in [-0.2, 0) is 4.74 Å². The fraction of sp³-hybridized carbons (Fsp3) is 0.548. The molecule has 1 saturated carbocycles. The van der Waals surface area contributed by atoms with E-state index in [-0.39, 0.29) is 28.4 Å². The number of fused-ring (bicyclic) bond motifs is 2. The van der Waals surface area contributed by atoms with Gasteiger partial charge in [0.25, 0.3) is 0 Å². The van der Waals surface area contributed by atoms with Crippen LogP contribution in [0.4, 0.5) is 0 Å². The van der Waals surface area contributed by atoms with E-state index in [0.29, 0.717) is 6.42 Å². The van der Waals surface area contributed by atoms with Crippen molar-refractivity contribution in [2.75, 3.05) is 14.1 Å². The number of hydrogen-bond acceptors (Lipinski definition) is 6. The largest absolute Gasteiger partial charge is 0.388 e. The van der Waals surface area contributed by atoms with Gasteiger partial charge in [-0.3, -0.25) is 0 Å². The summed E-state index contributed by atoms with van der Waals surface area (Å²) in [5, 5.41) is 23.3. The van der Waals surface area contributed by atoms with Crippen LogP contribution in [0.2, 0.25) is 0 Å². The van der Waals surface area contributed by atoms with Crippen molar-refractivity contribution >= 4 is 16.5 Å². The van der Waals surface area contributed by atoms with E-state index in [1.165, 1.54) is 16.7 Å². The lowest BCUT2D eigenvalue weighted by atomic mass is 9.49. The fourth-order valence-electron chi connectivity index (χ4n) is 8.66. The van der Waals surface area contributed by atoms with Crippen molar-refractivity contribution < 1.29 is 14.9 Å². The van der Waals surface area contributed by atoms with Crippen molar-refractivity contribution in [2.45, 2.75) is 75.9 Å². The lowest BCUT2D eigenvalue weighted by Crippen LogP contribution is -2.63. The summed E-state index contributed by atoms with van der Waals surface area (Å²) in [6.07, 6.45) is 12.3. The van der Waals surface area contributed by atoms with Crippen molar-refractivity contribution in [3.8, 4) is 0 Å². The van der Waals surface area contributed by atoms with E-state index in [1.807, 2.05) is 25.2 Å². The van der Waals surface area contributed by atoms with Crippen molar-refractivity contribution in [1.82, 2.24) is 14.9 Å². The molecule has 194 valence electrons. The summed E-state index contributed by atoms with van der Waals surface area (Å²) in [4.78, 5) is 10.7. The lowest BCUT2D eigenvalue weighted by molar-refractivity contribution is -0.170. The van der Waals surface area contributed by atoms with Crippen LogP contribution in [0.3, 0.4) is 0 Å². The second-order valence-corrected chi connectivity index (χ2v) is 13.0. The first-order valence-corrected chi connectivity index (χ1v) is 13.6. The van der Waals surface area contributed by atoms with E-state index in [9.17, 15) is 10.2 Å². The molecule has 6 nitrogen and oxygen atoms in total. The minimum atomic E-state index is -0.911. The molecule has 2 aliphatic heterocycles. The standard InChI is InChI=1S/C31H37N3O3/c1-28(2)14-20-13-22-26(35)27(36)24(34(4)5)15-30(22)10-11-31(20,37-30)25-9-8-21(29(25,28)3)18-6-7-19-16-32-17-33-23(19)12-18/h6-8,12-14,16-17,24-27,35-36H,9-11,15H2,1-5H3/t24-,25?,26+,27+,29+,30+,31+/m0/s1. The maximum atomic E-state index is 11.3. The Labute approximate surface area is 218 Å². The van der Waals surface area contributed by atoms with Gasteiger partial charge in [0.1, 0.15) is 12.4 Å². The van der Waals surface area contributed by atoms with Crippen LogP contribution in [0, 0.1) is 16.7 Å². The molecular weight excluding hydrogens is 462 g/mol. The van der Waals surface area contributed by atoms with E-state index in [2.05, 4.69) is 67.2 Å². The Morgan fingerprint density at radius 2 is 1.92 bits per heavy atom. The zero-order valence-corrected chi connectivity index (χ0v) is 22.4. The molecule has 2 N–H and O–H groups in total. The number of aromatic nitrogens is 2. The van der Waals surface area contributed by atoms with Crippen LogP contribution in [0.25, 0.3) is 16.5 Å². The topological polar surface area (TPSA) is 78.7 Å². The van der Waals surface area contributed by atoms with Crippen LogP contribution in [-0.4, -0.2) is 68.6 Å². The molecule has 6 heteroatoms. The monoisotopic (exact) mass is 499 g/mol. The van der Waals surface area contributed by atoms with Gasteiger partial charge < -0.3 is 19.8 Å². The molecule has 0 radical (unpaired) electrons. The molecule has 0 amide bonds. The molecule has 2 fully saturated rings. The summed E-state index contributed by atoms with van der Waals surface area (Å²) < 4.78 is 7.32. The second kappa shape index (κ2) is 7.38. The molecule has 1 unspecified atom stereocenters. The highest BCUT2D eigenvalue weighted by Gasteiger charge is 2.70. The smallest absolute Gasteiger partial charge is 0.116 e. The summed E-state index contributed by atoms with van der Waals surface area (Å²) in [6, 6.07) is 6.41. The minimum absolute atomic E-state index is 0.137. The summed E-state index contributed by atoms with van der Waals surface area (Å²) >= 11 is 0. The van der Waals surface area contributed by atoms with E-state index in [4.69, 9.17) is 4.74 Å². The molecule has 2 aromatic rings. The Bertz CT molecular complexity index is 1410. The Kier molecular flexibility index (Phi) is 4.73. The van der Waals surface area contributed by atoms with Crippen molar-refractivity contribution in [3.05, 3.63) is 65.7 Å². The molecule has 1 aromatic heterocycles. The van der Waals surface area contributed by atoms with Gasteiger partial charge >= 0.3 is 0 Å². The number of likely N-dealkylation sites (N-methyl/N-ethyl adjacent to an activating group) is 1. The van der Waals surface area contributed by atoms with Gasteiger partial charge in [-0.2, -0.15) is 0 Å². The number of rotatable bonds is 2. The predicted molar refractivity (Wildman–Crippen MR) is 144 cm³/mol. The summed E-state index contributed by atoms with van der Waals surface area (Å²) in [5.41, 5.74) is 4.44. The maximum absolute atomic E-state index is 11.3. The molecule has 1 aromatic carbocycles. The Hall–Kier alpha value is -2.38. The molecular formula is C31H37N3O3. The van der Waals surface area contributed by atoms with Crippen molar-refractivity contribution in [1.29, 1.82) is 0 Å². The molecule has 37 heavy (non-hydrogen) atoms. The number of benzene rings is 1. The van der Waals surface area contributed by atoms with E-state index in [0.717, 1.165) is 35.7 Å². The van der Waals surface area contributed by atoms with Crippen LogP contribution in [0.1, 0.15) is 52.0 Å². The molecule has 3 aliphatic carbocycles. The molecule has 7 rings (SSSR count). The van der Waals surface area contributed by atoms with Gasteiger partial charge in [0.05, 0.1) is 22.8 Å². The Balaban J connectivity index is 1.36. The maximum Gasteiger partial charge on any atom is 0.116 e. The number of hydrogen-bond donors (Lipinski definition) is 2. The van der Waals surface area contributed by atoms with E-state index >= 15 is 0 Å². The SMILES string of the molecule is CN(C)[C@H]1C[C@@]23CC[C@@]4(O2)C(=CC(C)(C)[C@]2(C)C(c5ccc6cncnc6c5)=CCC42)C=C3[C@@H](O)[C@@H]1O. The van der Waals surface area contributed by atoms with Crippen molar-refractivity contribution in [3.63, 3.8) is 0 Å². The first kappa shape index (κ1) is 23.7. The molecule has 2 spiro atoms. The van der Waals surface area contributed by atoms with E-state index < -0.39 is 17.8 Å². The van der Waals surface area contributed by atoms with Gasteiger partial charge in [-0.05, 0) is 73.5 Å². The third kappa shape index (κ3) is 2.85. The molecule has 2 bridgehead atoms. The number of allylic oxidation sites excluding steroid dienone is 3. The van der Waals surface area contributed by atoms with Crippen molar-refractivity contribution in [2.24, 2.45) is 16.7 Å². The third-order valence-corrected chi connectivity index (χ3v) is 10.9. The number of aliphatic hydroxyl groups excluding tert-OH is 2. The van der Waals surface area contributed by atoms with E-state index in [1.54, 1.807) is 6.33 Å². The van der Waals surface area contributed by atoms with Crippen LogP contribution < -0.4 is 0 Å². The molecule has 1 saturated heterocycles. The number of aliphatic hydroxyl groups is 2. The highest BCUT2D eigenvalue weighted by molar-refractivity contribution is 5.85. The van der Waals surface area contributed by atoms with Gasteiger partial charge in [-0.1, -0.05) is 51.1 Å². The molecule has 3 heterocycles. The number of nitrogens with zero attached hydrogens (tertiary/aromatic N) is 3. The van der Waals surface area contributed by atoms with Crippen LogP contribution in [0.5, 0.6) is 0 Å². The summed E-state index contributed by atoms with van der Waals surface area (Å²) in [5.74, 6) is 0.282. The zero-order chi connectivity index (χ0) is 26.0. The van der Waals surface area contributed by atoms with Crippen LogP contribution >= 0.6 is 0 Å². The average Bonchev–Trinajstić information content (AvgIpc) is 3.40. The Morgan fingerprint density at radius 3 is 2.70 bits per heavy atom. The first-order chi connectivity index (χ1) is 17.5. The third-order valence-electron chi connectivity index (χ3n) is 10.9. The Morgan fingerprint density at radius 1 is 1.11 bits per heavy atom. The zero-order valence-electron chi connectivity index (χ0n) is 22.4. The predicted octanol–water partition coefficient (Wildman–Crippen LogP) is 4.29. The molecule has 5 aliphatic rings. The van der Waals surface area contributed by atoms with Gasteiger partial charge in [-0.15, -0.1) is 0 Å². The normalized spacial score (nSPS) is 41.6. The molecule has 7 atom stereocenters. The van der Waals surface area contributed by atoms with Crippen LogP contribution in [0.15, 0.2) is 60.1 Å². The first-order valence-electron chi connectivity index (χ1n) is 13.6. The second-order valence-electron chi connectivity index (χ2n) is 13.0. The van der Waals surface area contributed by atoms with Gasteiger partial charge in [-0.25, -0.2) is 9.97 Å². The van der Waals surface area contributed by atoms with Gasteiger partial charge in [0.15, 0.2) is 0 Å². The fourth-order valence-corrected chi connectivity index (χ4v) is 8.66.